The van der Waals surface area contributed by atoms with E-state index in [1.165, 1.54) is 44.8 Å². The Morgan fingerprint density at radius 3 is 2.67 bits per heavy atom. The zero-order chi connectivity index (χ0) is 8.65. The third-order valence-corrected chi connectivity index (χ3v) is 2.90. The van der Waals surface area contributed by atoms with Gasteiger partial charge in [0.2, 0.25) is 0 Å². The molecule has 1 fully saturated rings. The van der Waals surface area contributed by atoms with Crippen LogP contribution in [0.4, 0.5) is 0 Å². The summed E-state index contributed by atoms with van der Waals surface area (Å²) in [6, 6.07) is 0. The predicted molar refractivity (Wildman–Crippen MR) is 56.9 cm³/mol. The highest BCUT2D eigenvalue weighted by Crippen LogP contribution is 2.05. The van der Waals surface area contributed by atoms with E-state index >= 15 is 0 Å². The molecule has 0 radical (unpaired) electrons. The van der Waals surface area contributed by atoms with Gasteiger partial charge in [-0.1, -0.05) is 0 Å². The summed E-state index contributed by atoms with van der Waals surface area (Å²) in [5.41, 5.74) is 0. The number of hydrogen-bond acceptors (Lipinski definition) is 3. The van der Waals surface area contributed by atoms with Crippen molar-refractivity contribution in [3.63, 3.8) is 0 Å². The molecule has 1 heterocycles. The zero-order valence-corrected chi connectivity index (χ0v) is 8.83. The first kappa shape index (κ1) is 10.4. The van der Waals surface area contributed by atoms with Gasteiger partial charge in [0, 0.05) is 25.4 Å². The van der Waals surface area contributed by atoms with E-state index in [0.717, 1.165) is 6.54 Å². The molecule has 72 valence electrons. The molecule has 0 amide bonds. The Kier molecular flexibility index (Phi) is 5.82. The first-order valence-corrected chi connectivity index (χ1v) is 6.25. The highest BCUT2D eigenvalue weighted by atomic mass is 32.2. The highest BCUT2D eigenvalue weighted by molar-refractivity contribution is 7.98. The molecule has 0 aromatic heterocycles. The molecule has 0 aromatic rings. The maximum Gasteiger partial charge on any atom is 0.0107 e. The van der Waals surface area contributed by atoms with E-state index in [9.17, 15) is 0 Å². The zero-order valence-electron chi connectivity index (χ0n) is 8.01. The van der Waals surface area contributed by atoms with Crippen molar-refractivity contribution in [2.75, 3.05) is 44.7 Å². The van der Waals surface area contributed by atoms with Crippen molar-refractivity contribution in [2.45, 2.75) is 12.8 Å². The van der Waals surface area contributed by atoms with Crippen molar-refractivity contribution in [1.29, 1.82) is 0 Å². The van der Waals surface area contributed by atoms with Gasteiger partial charge in [0.05, 0.1) is 0 Å². The second-order valence-corrected chi connectivity index (χ2v) is 4.28. The minimum absolute atomic E-state index is 1.16. The van der Waals surface area contributed by atoms with Gasteiger partial charge < -0.3 is 10.2 Å². The van der Waals surface area contributed by atoms with Crippen molar-refractivity contribution in [2.24, 2.45) is 0 Å². The summed E-state index contributed by atoms with van der Waals surface area (Å²) >= 11 is 1.91. The normalized spacial score (nSPS) is 18.8. The van der Waals surface area contributed by atoms with E-state index < -0.39 is 0 Å². The molecule has 12 heavy (non-hydrogen) atoms. The minimum atomic E-state index is 1.16. The number of thioether (sulfide) groups is 1. The number of hydrogen-bond donors (Lipinski definition) is 1. The summed E-state index contributed by atoms with van der Waals surface area (Å²) < 4.78 is 0. The molecule has 1 aliphatic heterocycles. The number of likely N-dealkylation sites (tertiary alicyclic amines) is 1. The molecule has 0 atom stereocenters. The van der Waals surface area contributed by atoms with Crippen molar-refractivity contribution >= 4 is 11.8 Å². The van der Waals surface area contributed by atoms with Gasteiger partial charge in [0.1, 0.15) is 0 Å². The molecule has 0 bridgehead atoms. The molecule has 0 aliphatic carbocycles. The second-order valence-electron chi connectivity index (χ2n) is 3.29. The maximum absolute atomic E-state index is 3.45. The van der Waals surface area contributed by atoms with Gasteiger partial charge in [-0.2, -0.15) is 11.8 Å². The van der Waals surface area contributed by atoms with Crippen LogP contribution in [-0.4, -0.2) is 49.6 Å². The Morgan fingerprint density at radius 2 is 2.00 bits per heavy atom. The Labute approximate surface area is 80.1 Å². The average Bonchev–Trinajstić information content (AvgIpc) is 2.57. The smallest absolute Gasteiger partial charge is 0.0107 e. The monoisotopic (exact) mass is 188 g/mol. The predicted octanol–water partition coefficient (Wildman–Crippen LogP) is 1.03. The SMILES string of the molecule is CSCCNCCN1CCCC1. The van der Waals surface area contributed by atoms with E-state index in [1.807, 2.05) is 11.8 Å². The molecule has 3 heteroatoms. The largest absolute Gasteiger partial charge is 0.315 e. The van der Waals surface area contributed by atoms with Crippen molar-refractivity contribution in [1.82, 2.24) is 10.2 Å². The molecule has 1 saturated heterocycles. The van der Waals surface area contributed by atoms with E-state index in [2.05, 4.69) is 16.5 Å². The molecule has 1 aliphatic rings. The van der Waals surface area contributed by atoms with Crippen LogP contribution < -0.4 is 5.32 Å². The van der Waals surface area contributed by atoms with Crippen LogP contribution in [0.15, 0.2) is 0 Å². The molecular weight excluding hydrogens is 168 g/mol. The van der Waals surface area contributed by atoms with E-state index in [1.54, 1.807) is 0 Å². The average molecular weight is 188 g/mol. The van der Waals surface area contributed by atoms with Gasteiger partial charge in [0.15, 0.2) is 0 Å². The quantitative estimate of drug-likeness (QED) is 0.627. The van der Waals surface area contributed by atoms with Crippen molar-refractivity contribution < 1.29 is 0 Å². The Morgan fingerprint density at radius 1 is 1.25 bits per heavy atom. The summed E-state index contributed by atoms with van der Waals surface area (Å²) in [4.78, 5) is 2.55. The highest BCUT2D eigenvalue weighted by Gasteiger charge is 2.09. The van der Waals surface area contributed by atoms with Crippen LogP contribution in [0.1, 0.15) is 12.8 Å². The van der Waals surface area contributed by atoms with Crippen LogP contribution in [-0.2, 0) is 0 Å². The third kappa shape index (κ3) is 4.33. The minimum Gasteiger partial charge on any atom is -0.315 e. The van der Waals surface area contributed by atoms with Crippen molar-refractivity contribution in [3.8, 4) is 0 Å². The fourth-order valence-electron chi connectivity index (χ4n) is 1.54. The van der Waals surface area contributed by atoms with Gasteiger partial charge >= 0.3 is 0 Å². The van der Waals surface area contributed by atoms with Gasteiger partial charge in [-0.3, -0.25) is 0 Å². The Bertz CT molecular complexity index is 103. The molecule has 0 saturated carbocycles. The first-order chi connectivity index (χ1) is 5.93. The van der Waals surface area contributed by atoms with Gasteiger partial charge in [0.25, 0.3) is 0 Å². The molecule has 0 unspecified atom stereocenters. The summed E-state index contributed by atoms with van der Waals surface area (Å²) in [7, 11) is 0. The lowest BCUT2D eigenvalue weighted by Crippen LogP contribution is -2.30. The lowest BCUT2D eigenvalue weighted by molar-refractivity contribution is 0.337. The number of rotatable bonds is 6. The molecule has 0 aromatic carbocycles. The second kappa shape index (κ2) is 6.75. The fourth-order valence-corrected chi connectivity index (χ4v) is 1.89. The number of nitrogens with one attached hydrogen (secondary N) is 1. The summed E-state index contributed by atoms with van der Waals surface area (Å²) in [5.74, 6) is 1.24. The van der Waals surface area contributed by atoms with E-state index in [4.69, 9.17) is 0 Å². The van der Waals surface area contributed by atoms with E-state index in [-0.39, 0.29) is 0 Å². The van der Waals surface area contributed by atoms with Crippen LogP contribution in [0.5, 0.6) is 0 Å². The lowest BCUT2D eigenvalue weighted by atomic mass is 10.4. The molecule has 2 nitrogen and oxygen atoms in total. The first-order valence-electron chi connectivity index (χ1n) is 4.85. The topological polar surface area (TPSA) is 15.3 Å². The van der Waals surface area contributed by atoms with Gasteiger partial charge in [-0.05, 0) is 32.2 Å². The van der Waals surface area contributed by atoms with Gasteiger partial charge in [-0.15, -0.1) is 0 Å². The molecule has 1 N–H and O–H groups in total. The Hall–Kier alpha value is 0.270. The van der Waals surface area contributed by atoms with Crippen LogP contribution in [0.25, 0.3) is 0 Å². The van der Waals surface area contributed by atoms with Crippen LogP contribution in [0.3, 0.4) is 0 Å². The third-order valence-electron chi connectivity index (χ3n) is 2.29. The maximum atomic E-state index is 3.45. The van der Waals surface area contributed by atoms with Crippen molar-refractivity contribution in [3.05, 3.63) is 0 Å². The van der Waals surface area contributed by atoms with Crippen LogP contribution in [0, 0.1) is 0 Å². The summed E-state index contributed by atoms with van der Waals surface area (Å²) in [5, 5.41) is 3.45. The molecule has 0 spiro atoms. The van der Waals surface area contributed by atoms with Crippen LogP contribution in [0.2, 0.25) is 0 Å². The molecule has 1 rings (SSSR count). The fraction of sp³-hybridized carbons (Fsp3) is 1.00. The Balaban J connectivity index is 1.81. The van der Waals surface area contributed by atoms with E-state index in [0.29, 0.717) is 0 Å². The standard InChI is InChI=1S/C9H20N2S/c1-12-9-5-10-4-8-11-6-2-3-7-11/h10H,2-9H2,1H3. The number of nitrogens with zero attached hydrogens (tertiary/aromatic N) is 1. The summed E-state index contributed by atoms with van der Waals surface area (Å²) in [6.07, 6.45) is 4.97. The van der Waals surface area contributed by atoms with Crippen LogP contribution >= 0.6 is 11.8 Å². The van der Waals surface area contributed by atoms with Gasteiger partial charge in [-0.25, -0.2) is 0 Å². The molecular formula is C9H20N2S. The summed E-state index contributed by atoms with van der Waals surface area (Å²) in [6.45, 7) is 6.22. The lowest BCUT2D eigenvalue weighted by Gasteiger charge is -2.14.